The Kier molecular flexibility index (Phi) is 4.10. The van der Waals surface area contributed by atoms with Crippen LogP contribution in [0.3, 0.4) is 0 Å². The lowest BCUT2D eigenvalue weighted by Gasteiger charge is -1.99. The normalized spacial score (nSPS) is 10.8. The van der Waals surface area contributed by atoms with E-state index < -0.39 is 0 Å². The van der Waals surface area contributed by atoms with Gasteiger partial charge in [0.15, 0.2) is 0 Å². The van der Waals surface area contributed by atoms with Gasteiger partial charge < -0.3 is 10.1 Å². The molecule has 0 spiro atoms. The van der Waals surface area contributed by atoms with Crippen LogP contribution in [0.2, 0.25) is 0 Å². The molecule has 0 fully saturated rings. The molecule has 0 bridgehead atoms. The van der Waals surface area contributed by atoms with Crippen LogP contribution in [0.5, 0.6) is 0 Å². The topological polar surface area (TPSA) is 49.9 Å². The van der Waals surface area contributed by atoms with Gasteiger partial charge in [0.25, 0.3) is 0 Å². The molecule has 2 rings (SSSR count). The Balaban J connectivity index is 1.76. The fourth-order valence-corrected chi connectivity index (χ4v) is 2.31. The van der Waals surface area contributed by atoms with Crippen molar-refractivity contribution in [2.45, 2.75) is 19.7 Å². The Morgan fingerprint density at radius 1 is 1.50 bits per heavy atom. The summed E-state index contributed by atoms with van der Waals surface area (Å²) in [7, 11) is 1.72. The molecule has 86 valence electrons. The summed E-state index contributed by atoms with van der Waals surface area (Å²) in [6.45, 7) is 2.39. The van der Waals surface area contributed by atoms with Crippen molar-refractivity contribution in [3.63, 3.8) is 0 Å². The van der Waals surface area contributed by atoms with Crippen molar-refractivity contribution in [1.82, 2.24) is 15.5 Å². The van der Waals surface area contributed by atoms with E-state index in [1.54, 1.807) is 24.6 Å². The van der Waals surface area contributed by atoms with Crippen LogP contribution in [0.25, 0.3) is 0 Å². The molecule has 4 nitrogen and oxygen atoms in total. The van der Waals surface area contributed by atoms with Crippen LogP contribution in [0.15, 0.2) is 23.7 Å². The van der Waals surface area contributed by atoms with E-state index in [9.17, 15) is 0 Å². The van der Waals surface area contributed by atoms with E-state index >= 15 is 0 Å². The molecule has 0 aromatic carbocycles. The summed E-state index contributed by atoms with van der Waals surface area (Å²) < 4.78 is 5.08. The Labute approximate surface area is 98.6 Å². The first-order valence-electron chi connectivity index (χ1n) is 5.12. The number of thiophene rings is 1. The van der Waals surface area contributed by atoms with Crippen molar-refractivity contribution in [3.05, 3.63) is 39.8 Å². The van der Waals surface area contributed by atoms with E-state index in [0.717, 1.165) is 18.8 Å². The van der Waals surface area contributed by atoms with E-state index in [1.807, 2.05) is 6.07 Å². The van der Waals surface area contributed by atoms with Gasteiger partial charge >= 0.3 is 0 Å². The number of methoxy groups -OCH3 is 1. The van der Waals surface area contributed by atoms with Gasteiger partial charge in [-0.25, -0.2) is 0 Å². The number of aromatic nitrogens is 2. The predicted molar refractivity (Wildman–Crippen MR) is 64.2 cm³/mol. The van der Waals surface area contributed by atoms with Gasteiger partial charge in [-0.3, -0.25) is 5.10 Å². The number of hydrogen-bond acceptors (Lipinski definition) is 4. The average Bonchev–Trinajstić information content (AvgIpc) is 2.90. The molecule has 0 saturated carbocycles. The molecule has 2 aromatic heterocycles. The van der Waals surface area contributed by atoms with Crippen molar-refractivity contribution in [2.24, 2.45) is 0 Å². The molecule has 5 heteroatoms. The lowest BCUT2D eigenvalue weighted by molar-refractivity contribution is 0.185. The third-order valence-corrected chi connectivity index (χ3v) is 3.18. The zero-order chi connectivity index (χ0) is 11.2. The van der Waals surface area contributed by atoms with Crippen molar-refractivity contribution in [3.8, 4) is 0 Å². The van der Waals surface area contributed by atoms with Gasteiger partial charge in [-0.1, -0.05) is 0 Å². The fourth-order valence-electron chi connectivity index (χ4n) is 1.46. The SMILES string of the molecule is COCc1csc(CNCc2ccn[nH]2)c1. The van der Waals surface area contributed by atoms with Gasteiger partial charge in [0, 0.05) is 37.0 Å². The molecule has 0 aliphatic carbocycles. The van der Waals surface area contributed by atoms with E-state index in [4.69, 9.17) is 4.74 Å². The molecule has 0 atom stereocenters. The third kappa shape index (κ3) is 3.16. The summed E-state index contributed by atoms with van der Waals surface area (Å²) in [4.78, 5) is 1.33. The second-order valence-electron chi connectivity index (χ2n) is 3.54. The molecule has 0 amide bonds. The first-order chi connectivity index (χ1) is 7.88. The number of hydrogen-bond donors (Lipinski definition) is 2. The molecule has 2 aromatic rings. The number of nitrogens with zero attached hydrogens (tertiary/aromatic N) is 1. The number of nitrogens with one attached hydrogen (secondary N) is 2. The van der Waals surface area contributed by atoms with Crippen LogP contribution < -0.4 is 5.32 Å². The Hall–Kier alpha value is -1.17. The zero-order valence-corrected chi connectivity index (χ0v) is 10.0. The molecular formula is C11H15N3OS. The first kappa shape index (κ1) is 11.3. The summed E-state index contributed by atoms with van der Waals surface area (Å²) in [5.41, 5.74) is 2.35. The smallest absolute Gasteiger partial charge is 0.0721 e. The third-order valence-electron chi connectivity index (χ3n) is 2.19. The van der Waals surface area contributed by atoms with Gasteiger partial charge in [0.2, 0.25) is 0 Å². The molecule has 0 aliphatic heterocycles. The quantitative estimate of drug-likeness (QED) is 0.807. The van der Waals surface area contributed by atoms with Crippen molar-refractivity contribution in [1.29, 1.82) is 0 Å². The van der Waals surface area contributed by atoms with Gasteiger partial charge in [-0.05, 0) is 23.1 Å². The number of H-pyrrole nitrogens is 1. The molecule has 0 saturated heterocycles. The Morgan fingerprint density at radius 3 is 3.19 bits per heavy atom. The first-order valence-corrected chi connectivity index (χ1v) is 6.00. The van der Waals surface area contributed by atoms with Crippen LogP contribution >= 0.6 is 11.3 Å². The van der Waals surface area contributed by atoms with Crippen LogP contribution in [-0.4, -0.2) is 17.3 Å². The highest BCUT2D eigenvalue weighted by molar-refractivity contribution is 7.10. The van der Waals surface area contributed by atoms with E-state index in [1.165, 1.54) is 10.4 Å². The standard InChI is InChI=1S/C11H15N3OS/c1-15-7-9-4-11(16-8-9)6-12-5-10-2-3-13-14-10/h2-4,8,12H,5-7H2,1H3,(H,13,14). The minimum absolute atomic E-state index is 0.692. The Bertz CT molecular complexity index is 411. The highest BCUT2D eigenvalue weighted by Crippen LogP contribution is 2.15. The summed E-state index contributed by atoms with van der Waals surface area (Å²) in [6, 6.07) is 4.14. The van der Waals surface area contributed by atoms with E-state index in [2.05, 4.69) is 27.0 Å². The summed E-state index contributed by atoms with van der Waals surface area (Å²) in [6.07, 6.45) is 1.76. The minimum Gasteiger partial charge on any atom is -0.380 e. The van der Waals surface area contributed by atoms with Crippen molar-refractivity contribution < 1.29 is 4.74 Å². The average molecular weight is 237 g/mol. The maximum absolute atomic E-state index is 5.08. The van der Waals surface area contributed by atoms with Crippen molar-refractivity contribution >= 4 is 11.3 Å². The second-order valence-corrected chi connectivity index (χ2v) is 4.54. The van der Waals surface area contributed by atoms with Crippen LogP contribution in [0.4, 0.5) is 0 Å². The molecule has 0 radical (unpaired) electrons. The molecule has 2 N–H and O–H groups in total. The number of rotatable bonds is 6. The largest absolute Gasteiger partial charge is 0.380 e. The van der Waals surface area contributed by atoms with Gasteiger partial charge in [0.1, 0.15) is 0 Å². The maximum Gasteiger partial charge on any atom is 0.0721 e. The predicted octanol–water partition coefficient (Wildman–Crippen LogP) is 1.91. The Morgan fingerprint density at radius 2 is 2.44 bits per heavy atom. The van der Waals surface area contributed by atoms with E-state index in [-0.39, 0.29) is 0 Å². The summed E-state index contributed by atoms with van der Waals surface area (Å²) in [5.74, 6) is 0. The maximum atomic E-state index is 5.08. The van der Waals surface area contributed by atoms with Gasteiger partial charge in [-0.15, -0.1) is 11.3 Å². The number of aromatic amines is 1. The summed E-state index contributed by atoms with van der Waals surface area (Å²) in [5, 5.41) is 12.3. The van der Waals surface area contributed by atoms with Crippen molar-refractivity contribution in [2.75, 3.05) is 7.11 Å². The highest BCUT2D eigenvalue weighted by Gasteiger charge is 1.99. The fraction of sp³-hybridized carbons (Fsp3) is 0.364. The highest BCUT2D eigenvalue weighted by atomic mass is 32.1. The molecule has 2 heterocycles. The molecular weight excluding hydrogens is 222 g/mol. The van der Waals surface area contributed by atoms with Gasteiger partial charge in [-0.2, -0.15) is 5.10 Å². The monoisotopic (exact) mass is 237 g/mol. The number of ether oxygens (including phenoxy) is 1. The lowest BCUT2D eigenvalue weighted by atomic mass is 10.3. The molecule has 0 unspecified atom stereocenters. The zero-order valence-electron chi connectivity index (χ0n) is 9.19. The molecule has 0 aliphatic rings. The van der Waals surface area contributed by atoms with Crippen LogP contribution in [0.1, 0.15) is 16.1 Å². The van der Waals surface area contributed by atoms with Crippen LogP contribution in [0, 0.1) is 0 Å². The van der Waals surface area contributed by atoms with E-state index in [0.29, 0.717) is 6.61 Å². The van der Waals surface area contributed by atoms with Crippen LogP contribution in [-0.2, 0) is 24.4 Å². The second kappa shape index (κ2) is 5.79. The molecule has 16 heavy (non-hydrogen) atoms. The lowest BCUT2D eigenvalue weighted by Crippen LogP contribution is -2.11. The van der Waals surface area contributed by atoms with Gasteiger partial charge in [0.05, 0.1) is 6.61 Å². The minimum atomic E-state index is 0.692. The summed E-state index contributed by atoms with van der Waals surface area (Å²) >= 11 is 1.76.